The maximum absolute atomic E-state index is 5.80. The van der Waals surface area contributed by atoms with Gasteiger partial charge in [-0.3, -0.25) is 0 Å². The molecule has 0 spiro atoms. The highest BCUT2D eigenvalue weighted by atomic mass is 16.5. The summed E-state index contributed by atoms with van der Waals surface area (Å²) in [5.74, 6) is 0.932. The van der Waals surface area contributed by atoms with E-state index in [4.69, 9.17) is 4.74 Å². The van der Waals surface area contributed by atoms with Crippen LogP contribution < -0.4 is 5.32 Å². The van der Waals surface area contributed by atoms with Crippen molar-refractivity contribution >= 4 is 0 Å². The van der Waals surface area contributed by atoms with E-state index >= 15 is 0 Å². The van der Waals surface area contributed by atoms with E-state index in [9.17, 15) is 0 Å². The van der Waals surface area contributed by atoms with Gasteiger partial charge in [0.05, 0.1) is 6.10 Å². The molecule has 1 saturated heterocycles. The fourth-order valence-electron chi connectivity index (χ4n) is 3.63. The minimum atomic E-state index is 0.485. The summed E-state index contributed by atoms with van der Waals surface area (Å²) in [6.45, 7) is 9.28. The molecule has 1 N–H and O–H groups in total. The van der Waals surface area contributed by atoms with Crippen LogP contribution in [0.1, 0.15) is 72.1 Å². The smallest absolute Gasteiger partial charge is 0.0699 e. The molecule has 2 heteroatoms. The van der Waals surface area contributed by atoms with E-state index in [-0.39, 0.29) is 0 Å². The van der Waals surface area contributed by atoms with Crippen LogP contribution in [0, 0.1) is 11.3 Å². The molecule has 0 amide bonds. The zero-order chi connectivity index (χ0) is 13.7. The first-order valence-corrected chi connectivity index (χ1v) is 8.47. The Balaban J connectivity index is 1.66. The highest BCUT2D eigenvalue weighted by molar-refractivity contribution is 4.85. The van der Waals surface area contributed by atoms with E-state index in [2.05, 4.69) is 26.1 Å². The Labute approximate surface area is 119 Å². The molecule has 2 rings (SSSR count). The van der Waals surface area contributed by atoms with Gasteiger partial charge in [0.1, 0.15) is 0 Å². The molecule has 2 fully saturated rings. The van der Waals surface area contributed by atoms with Crippen molar-refractivity contribution in [2.75, 3.05) is 13.2 Å². The lowest BCUT2D eigenvalue weighted by Gasteiger charge is -2.39. The Bertz CT molecular complexity index is 250. The van der Waals surface area contributed by atoms with Gasteiger partial charge in [-0.15, -0.1) is 0 Å². The van der Waals surface area contributed by atoms with Crippen LogP contribution >= 0.6 is 0 Å². The summed E-state index contributed by atoms with van der Waals surface area (Å²) in [5, 5.41) is 3.76. The number of nitrogens with one attached hydrogen (secondary N) is 1. The molecule has 112 valence electrons. The summed E-state index contributed by atoms with van der Waals surface area (Å²) in [6.07, 6.45) is 11.2. The number of rotatable bonds is 5. The molecule has 0 aromatic carbocycles. The quantitative estimate of drug-likeness (QED) is 0.808. The highest BCUT2D eigenvalue weighted by Gasteiger charge is 2.31. The molecule has 0 bridgehead atoms. The number of hydrogen-bond donors (Lipinski definition) is 1. The van der Waals surface area contributed by atoms with Crippen LogP contribution in [0.15, 0.2) is 0 Å². The lowest BCUT2D eigenvalue weighted by atomic mass is 9.69. The highest BCUT2D eigenvalue weighted by Crippen LogP contribution is 2.40. The Hall–Kier alpha value is -0.0800. The van der Waals surface area contributed by atoms with Gasteiger partial charge in [0.25, 0.3) is 0 Å². The fraction of sp³-hybridized carbons (Fsp3) is 1.00. The van der Waals surface area contributed by atoms with Gasteiger partial charge in [-0.1, -0.05) is 27.2 Å². The minimum Gasteiger partial charge on any atom is -0.377 e. The van der Waals surface area contributed by atoms with Gasteiger partial charge in [-0.05, 0) is 56.3 Å². The first-order chi connectivity index (χ1) is 9.12. The molecule has 19 heavy (non-hydrogen) atoms. The standard InChI is InChI=1S/C17H33NO/c1-4-17(2,3)14-8-10-15(11-9-14)18-13-16-7-5-6-12-19-16/h14-16,18H,4-13H2,1-3H3. The number of ether oxygens (including phenoxy) is 1. The van der Waals surface area contributed by atoms with Crippen molar-refractivity contribution < 1.29 is 4.74 Å². The van der Waals surface area contributed by atoms with E-state index < -0.39 is 0 Å². The van der Waals surface area contributed by atoms with Gasteiger partial charge in [-0.25, -0.2) is 0 Å². The second-order valence-electron chi connectivity index (χ2n) is 7.29. The van der Waals surface area contributed by atoms with Gasteiger partial charge < -0.3 is 10.1 Å². The second-order valence-corrected chi connectivity index (χ2v) is 7.29. The van der Waals surface area contributed by atoms with Crippen LogP contribution in [0.3, 0.4) is 0 Å². The largest absolute Gasteiger partial charge is 0.377 e. The third-order valence-corrected chi connectivity index (χ3v) is 5.65. The van der Waals surface area contributed by atoms with Crippen molar-refractivity contribution in [2.24, 2.45) is 11.3 Å². The topological polar surface area (TPSA) is 21.3 Å². The molecule has 0 aromatic rings. The maximum atomic E-state index is 5.80. The molecule has 1 atom stereocenters. The zero-order valence-electron chi connectivity index (χ0n) is 13.2. The lowest BCUT2D eigenvalue weighted by molar-refractivity contribution is 0.0136. The van der Waals surface area contributed by atoms with Crippen LogP contribution in [0.25, 0.3) is 0 Å². The van der Waals surface area contributed by atoms with Crippen molar-refractivity contribution in [1.82, 2.24) is 5.32 Å². The fourth-order valence-corrected chi connectivity index (χ4v) is 3.63. The maximum Gasteiger partial charge on any atom is 0.0699 e. The summed E-state index contributed by atoms with van der Waals surface area (Å²) >= 11 is 0. The summed E-state index contributed by atoms with van der Waals surface area (Å²) in [6, 6.07) is 0.745. The first-order valence-electron chi connectivity index (χ1n) is 8.47. The molecule has 1 aliphatic carbocycles. The van der Waals surface area contributed by atoms with Gasteiger partial charge in [0, 0.05) is 19.2 Å². The van der Waals surface area contributed by atoms with E-state index in [1.165, 1.54) is 51.4 Å². The summed E-state index contributed by atoms with van der Waals surface area (Å²) in [7, 11) is 0. The first kappa shape index (κ1) is 15.3. The molecule has 2 aliphatic rings. The predicted molar refractivity (Wildman–Crippen MR) is 81.4 cm³/mol. The number of hydrogen-bond acceptors (Lipinski definition) is 2. The van der Waals surface area contributed by atoms with E-state index in [1.807, 2.05) is 0 Å². The van der Waals surface area contributed by atoms with Crippen molar-refractivity contribution in [3.05, 3.63) is 0 Å². The van der Waals surface area contributed by atoms with Crippen LogP contribution in [-0.4, -0.2) is 25.3 Å². The average molecular weight is 267 g/mol. The second kappa shape index (κ2) is 7.08. The van der Waals surface area contributed by atoms with E-state index in [1.54, 1.807) is 0 Å². The average Bonchev–Trinajstić information content (AvgIpc) is 2.47. The predicted octanol–water partition coefficient (Wildman–Crippen LogP) is 4.14. The van der Waals surface area contributed by atoms with Crippen LogP contribution in [-0.2, 0) is 4.74 Å². The molecule has 0 aromatic heterocycles. The molecule has 0 radical (unpaired) electrons. The van der Waals surface area contributed by atoms with Gasteiger partial charge in [0.15, 0.2) is 0 Å². The van der Waals surface area contributed by atoms with Gasteiger partial charge in [0.2, 0.25) is 0 Å². The normalized spacial score (nSPS) is 33.3. The lowest BCUT2D eigenvalue weighted by Crippen LogP contribution is -2.41. The molecular formula is C17H33NO. The van der Waals surface area contributed by atoms with Gasteiger partial charge in [-0.2, -0.15) is 0 Å². The Morgan fingerprint density at radius 1 is 1.05 bits per heavy atom. The summed E-state index contributed by atoms with van der Waals surface area (Å²) < 4.78 is 5.80. The minimum absolute atomic E-state index is 0.485. The van der Waals surface area contributed by atoms with Crippen LogP contribution in [0.4, 0.5) is 0 Å². The van der Waals surface area contributed by atoms with Crippen molar-refractivity contribution in [3.8, 4) is 0 Å². The Morgan fingerprint density at radius 3 is 2.37 bits per heavy atom. The van der Waals surface area contributed by atoms with Crippen molar-refractivity contribution in [3.63, 3.8) is 0 Å². The summed E-state index contributed by atoms with van der Waals surface area (Å²) in [4.78, 5) is 0. The molecule has 1 unspecified atom stereocenters. The third kappa shape index (κ3) is 4.46. The van der Waals surface area contributed by atoms with Crippen molar-refractivity contribution in [2.45, 2.75) is 84.3 Å². The van der Waals surface area contributed by atoms with E-state index in [0.29, 0.717) is 11.5 Å². The molecule has 1 heterocycles. The monoisotopic (exact) mass is 267 g/mol. The molecule has 1 aliphatic heterocycles. The van der Waals surface area contributed by atoms with Crippen molar-refractivity contribution in [1.29, 1.82) is 0 Å². The van der Waals surface area contributed by atoms with Crippen LogP contribution in [0.5, 0.6) is 0 Å². The summed E-state index contributed by atoms with van der Waals surface area (Å²) in [5.41, 5.74) is 0.539. The molecular weight excluding hydrogens is 234 g/mol. The molecule has 2 nitrogen and oxygen atoms in total. The van der Waals surface area contributed by atoms with Crippen LogP contribution in [0.2, 0.25) is 0 Å². The third-order valence-electron chi connectivity index (χ3n) is 5.65. The molecule has 1 saturated carbocycles. The Morgan fingerprint density at radius 2 is 1.79 bits per heavy atom. The van der Waals surface area contributed by atoms with E-state index in [0.717, 1.165) is 25.1 Å². The Kier molecular flexibility index (Phi) is 5.70. The zero-order valence-corrected chi connectivity index (χ0v) is 13.2. The SMILES string of the molecule is CCC(C)(C)C1CCC(NCC2CCCCO2)CC1. The van der Waals surface area contributed by atoms with Gasteiger partial charge >= 0.3 is 0 Å².